The van der Waals surface area contributed by atoms with E-state index in [1.807, 2.05) is 6.20 Å². The van der Waals surface area contributed by atoms with Crippen LogP contribution in [-0.4, -0.2) is 10.7 Å². The normalized spacial score (nSPS) is 17.4. The lowest BCUT2D eigenvalue weighted by Gasteiger charge is -2.14. The van der Waals surface area contributed by atoms with Gasteiger partial charge in [-0.25, -0.2) is 0 Å². The Labute approximate surface area is 151 Å². The van der Waals surface area contributed by atoms with Gasteiger partial charge in [-0.2, -0.15) is 0 Å². The van der Waals surface area contributed by atoms with Crippen LogP contribution in [0.5, 0.6) is 0 Å². The maximum Gasteiger partial charge on any atom is 0.0844 e. The molecule has 0 saturated heterocycles. The number of rotatable bonds is 6. The molecule has 0 aromatic carbocycles. The molecule has 1 aliphatic carbocycles. The molecule has 0 amide bonds. The van der Waals surface area contributed by atoms with Gasteiger partial charge in [0.2, 0.25) is 0 Å². The molecule has 1 aromatic rings. The Morgan fingerprint density at radius 3 is 2.64 bits per heavy atom. The molecule has 0 atom stereocenters. The fourth-order valence-corrected chi connectivity index (χ4v) is 3.31. The lowest BCUT2D eigenvalue weighted by atomic mass is 9.97. The number of aliphatic imine (C=N–C) groups is 1. The second-order valence-corrected chi connectivity index (χ2v) is 6.87. The van der Waals surface area contributed by atoms with E-state index in [1.54, 1.807) is 0 Å². The zero-order chi connectivity index (χ0) is 17.5. The van der Waals surface area contributed by atoms with E-state index in [0.29, 0.717) is 0 Å². The molecule has 2 aliphatic rings. The minimum atomic E-state index is 0.984. The Hall–Kier alpha value is -2.22. The van der Waals surface area contributed by atoms with Crippen LogP contribution in [0.1, 0.15) is 63.6 Å². The molecule has 1 aromatic heterocycles. The van der Waals surface area contributed by atoms with Gasteiger partial charge in [0.05, 0.1) is 11.4 Å². The number of allylic oxidation sites excluding steroid dienone is 7. The Bertz CT molecular complexity index is 743. The number of pyridine rings is 1. The van der Waals surface area contributed by atoms with Crippen molar-refractivity contribution >= 4 is 5.71 Å². The van der Waals surface area contributed by atoms with Crippen molar-refractivity contribution in [2.24, 2.45) is 4.99 Å². The van der Waals surface area contributed by atoms with E-state index >= 15 is 0 Å². The van der Waals surface area contributed by atoms with E-state index in [0.717, 1.165) is 43.5 Å². The van der Waals surface area contributed by atoms with Gasteiger partial charge >= 0.3 is 0 Å². The van der Waals surface area contributed by atoms with E-state index in [4.69, 9.17) is 4.99 Å². The largest absolute Gasteiger partial charge is 0.259 e. The smallest absolute Gasteiger partial charge is 0.0844 e. The van der Waals surface area contributed by atoms with Crippen LogP contribution in [0.2, 0.25) is 0 Å². The fraction of sp³-hybridized carbons (Fsp3) is 0.391. The minimum absolute atomic E-state index is 0.984. The van der Waals surface area contributed by atoms with Crippen LogP contribution < -0.4 is 0 Å². The Kier molecular flexibility index (Phi) is 6.16. The summed E-state index contributed by atoms with van der Waals surface area (Å²) in [5.41, 5.74) is 7.75. The summed E-state index contributed by atoms with van der Waals surface area (Å²) in [5, 5.41) is 0. The van der Waals surface area contributed by atoms with E-state index in [2.05, 4.69) is 61.5 Å². The maximum absolute atomic E-state index is 4.70. The third-order valence-corrected chi connectivity index (χ3v) is 4.86. The number of nitrogens with zero attached hydrogens (tertiary/aromatic N) is 2. The van der Waals surface area contributed by atoms with E-state index < -0.39 is 0 Å². The summed E-state index contributed by atoms with van der Waals surface area (Å²) in [4.78, 5) is 9.26. The van der Waals surface area contributed by atoms with Crippen LogP contribution >= 0.6 is 0 Å². The van der Waals surface area contributed by atoms with Gasteiger partial charge in [-0.15, -0.1) is 0 Å². The SMILES string of the molecule is CCCC1=CC=C(CC2=CN=C(c3ccc(CC)cn3)CC2)C=CC1. The molecule has 0 N–H and O–H groups in total. The van der Waals surface area contributed by atoms with Gasteiger partial charge < -0.3 is 0 Å². The predicted molar refractivity (Wildman–Crippen MR) is 107 cm³/mol. The Morgan fingerprint density at radius 1 is 1.04 bits per heavy atom. The average molecular weight is 332 g/mol. The van der Waals surface area contributed by atoms with Gasteiger partial charge in [-0.3, -0.25) is 9.98 Å². The predicted octanol–water partition coefficient (Wildman–Crippen LogP) is 6.11. The molecule has 0 bridgehead atoms. The van der Waals surface area contributed by atoms with Crippen molar-refractivity contribution in [3.05, 3.63) is 76.8 Å². The summed E-state index contributed by atoms with van der Waals surface area (Å²) < 4.78 is 0. The van der Waals surface area contributed by atoms with Gasteiger partial charge in [0.25, 0.3) is 0 Å². The molecule has 0 radical (unpaired) electrons. The summed E-state index contributed by atoms with van der Waals surface area (Å²) >= 11 is 0. The van der Waals surface area contributed by atoms with Gasteiger partial charge in [-0.05, 0) is 61.3 Å². The highest BCUT2D eigenvalue weighted by atomic mass is 14.8. The van der Waals surface area contributed by atoms with Crippen molar-refractivity contribution in [3.63, 3.8) is 0 Å². The van der Waals surface area contributed by atoms with Crippen LogP contribution in [0.25, 0.3) is 0 Å². The van der Waals surface area contributed by atoms with E-state index in [9.17, 15) is 0 Å². The molecule has 2 nitrogen and oxygen atoms in total. The van der Waals surface area contributed by atoms with Gasteiger partial charge in [0.1, 0.15) is 0 Å². The van der Waals surface area contributed by atoms with Crippen LogP contribution in [0, 0.1) is 0 Å². The monoisotopic (exact) mass is 332 g/mol. The quantitative estimate of drug-likeness (QED) is 0.616. The van der Waals surface area contributed by atoms with Crippen LogP contribution in [0.15, 0.2) is 70.5 Å². The molecule has 25 heavy (non-hydrogen) atoms. The molecule has 0 spiro atoms. The molecule has 130 valence electrons. The first-order valence-electron chi connectivity index (χ1n) is 9.53. The third kappa shape index (κ3) is 4.88. The minimum Gasteiger partial charge on any atom is -0.259 e. The molecule has 2 heteroatoms. The van der Waals surface area contributed by atoms with Crippen molar-refractivity contribution in [2.45, 2.75) is 58.8 Å². The first-order chi connectivity index (χ1) is 12.3. The summed E-state index contributed by atoms with van der Waals surface area (Å²) in [6, 6.07) is 4.26. The fourth-order valence-electron chi connectivity index (χ4n) is 3.31. The van der Waals surface area contributed by atoms with Gasteiger partial charge in [0.15, 0.2) is 0 Å². The number of hydrogen-bond donors (Lipinski definition) is 0. The lowest BCUT2D eigenvalue weighted by Crippen LogP contribution is -2.08. The van der Waals surface area contributed by atoms with Gasteiger partial charge in [-0.1, -0.05) is 56.2 Å². The highest BCUT2D eigenvalue weighted by Gasteiger charge is 2.12. The lowest BCUT2D eigenvalue weighted by molar-refractivity contribution is 0.881. The molecular weight excluding hydrogens is 304 g/mol. The number of aromatic nitrogens is 1. The third-order valence-electron chi connectivity index (χ3n) is 4.86. The van der Waals surface area contributed by atoms with Gasteiger partial charge in [0, 0.05) is 12.4 Å². The average Bonchev–Trinajstić information content (AvgIpc) is 2.88. The summed E-state index contributed by atoms with van der Waals surface area (Å²) in [5.74, 6) is 0. The van der Waals surface area contributed by atoms with Crippen LogP contribution in [0.3, 0.4) is 0 Å². The molecule has 2 heterocycles. The topological polar surface area (TPSA) is 25.2 Å². The van der Waals surface area contributed by atoms with Crippen molar-refractivity contribution in [3.8, 4) is 0 Å². The molecular formula is C23H28N2. The van der Waals surface area contributed by atoms with Crippen LogP contribution in [0.4, 0.5) is 0 Å². The molecule has 0 unspecified atom stereocenters. The molecule has 3 rings (SSSR count). The van der Waals surface area contributed by atoms with Crippen molar-refractivity contribution in [2.75, 3.05) is 0 Å². The van der Waals surface area contributed by atoms with E-state index in [1.165, 1.54) is 35.1 Å². The first kappa shape index (κ1) is 17.6. The molecule has 0 saturated carbocycles. The highest BCUT2D eigenvalue weighted by Crippen LogP contribution is 2.25. The van der Waals surface area contributed by atoms with Crippen molar-refractivity contribution < 1.29 is 0 Å². The molecule has 1 aliphatic heterocycles. The summed E-state index contributed by atoms with van der Waals surface area (Å²) in [7, 11) is 0. The second-order valence-electron chi connectivity index (χ2n) is 6.87. The maximum atomic E-state index is 4.70. The van der Waals surface area contributed by atoms with Crippen molar-refractivity contribution in [1.29, 1.82) is 0 Å². The Balaban J connectivity index is 1.67. The zero-order valence-corrected chi connectivity index (χ0v) is 15.5. The number of hydrogen-bond acceptors (Lipinski definition) is 2. The summed E-state index contributed by atoms with van der Waals surface area (Å²) in [6.07, 6.45) is 20.8. The standard InChI is InChI=1S/C23H28N2/c1-3-6-19-7-5-8-20(10-9-19)15-21-12-14-23(25-17-21)22-13-11-18(4-2)16-24-22/h5,8-11,13,16-17H,3-4,6-7,12,14-15H2,1-2H3. The summed E-state index contributed by atoms with van der Waals surface area (Å²) in [6.45, 7) is 4.40. The number of aryl methyl sites for hydroxylation is 1. The van der Waals surface area contributed by atoms with Crippen LogP contribution in [-0.2, 0) is 6.42 Å². The van der Waals surface area contributed by atoms with E-state index in [-0.39, 0.29) is 0 Å². The second kappa shape index (κ2) is 8.75. The Morgan fingerprint density at radius 2 is 1.96 bits per heavy atom. The molecule has 0 fully saturated rings. The van der Waals surface area contributed by atoms with Crippen molar-refractivity contribution in [1.82, 2.24) is 4.98 Å². The highest BCUT2D eigenvalue weighted by molar-refractivity contribution is 5.99. The first-order valence-corrected chi connectivity index (χ1v) is 9.53. The zero-order valence-electron chi connectivity index (χ0n) is 15.5.